The van der Waals surface area contributed by atoms with Gasteiger partial charge in [-0.15, -0.1) is 0 Å². The van der Waals surface area contributed by atoms with E-state index in [0.717, 1.165) is 16.2 Å². The molecule has 180 valence electrons. The van der Waals surface area contributed by atoms with Crippen LogP contribution in [0.2, 0.25) is 5.02 Å². The van der Waals surface area contributed by atoms with Crippen molar-refractivity contribution in [1.29, 1.82) is 0 Å². The molecule has 4 aromatic rings. The fourth-order valence-corrected chi connectivity index (χ4v) is 6.21. The highest BCUT2D eigenvalue weighted by molar-refractivity contribution is 7.17. The number of thiazole rings is 1. The van der Waals surface area contributed by atoms with Crippen molar-refractivity contribution in [3.05, 3.63) is 85.2 Å². The molecule has 0 radical (unpaired) electrons. The van der Waals surface area contributed by atoms with Gasteiger partial charge in [0.2, 0.25) is 5.76 Å². The number of amides is 2. The quantitative estimate of drug-likeness (QED) is 0.368. The van der Waals surface area contributed by atoms with Gasteiger partial charge < -0.3 is 14.1 Å². The first-order valence-corrected chi connectivity index (χ1v) is 12.0. The molecule has 1 spiro atoms. The zero-order chi connectivity index (χ0) is 25.5. The van der Waals surface area contributed by atoms with Crippen LogP contribution < -0.4 is 15.2 Å². The molecule has 0 saturated heterocycles. The molecule has 2 aliphatic heterocycles. The molecule has 2 aromatic carbocycles. The molecule has 0 aliphatic carbocycles. The normalized spacial score (nSPS) is 18.3. The van der Waals surface area contributed by atoms with E-state index in [1.165, 1.54) is 24.1 Å². The molecular formula is C25H16ClN3O6S. The van der Waals surface area contributed by atoms with Gasteiger partial charge in [-0.05, 0) is 31.2 Å². The van der Waals surface area contributed by atoms with Gasteiger partial charge in [-0.2, -0.15) is 0 Å². The molecule has 0 bridgehead atoms. The average molecular weight is 522 g/mol. The van der Waals surface area contributed by atoms with Crippen LogP contribution in [-0.4, -0.2) is 36.9 Å². The molecule has 36 heavy (non-hydrogen) atoms. The van der Waals surface area contributed by atoms with Crippen LogP contribution >= 0.6 is 22.9 Å². The maximum Gasteiger partial charge on any atom is 0.350 e. The molecule has 1 unspecified atom stereocenters. The predicted octanol–water partition coefficient (Wildman–Crippen LogP) is 3.88. The fraction of sp³-hybridized carbons (Fsp3) is 0.160. The largest absolute Gasteiger partial charge is 0.465 e. The van der Waals surface area contributed by atoms with Crippen molar-refractivity contribution in [2.75, 3.05) is 24.0 Å². The smallest absolute Gasteiger partial charge is 0.350 e. The average Bonchev–Trinajstić information content (AvgIpc) is 3.45. The maximum atomic E-state index is 14.1. The maximum absolute atomic E-state index is 14.1. The Hall–Kier alpha value is -4.02. The summed E-state index contributed by atoms with van der Waals surface area (Å²) in [6.07, 6.45) is 0. The van der Waals surface area contributed by atoms with E-state index in [2.05, 4.69) is 4.98 Å². The van der Waals surface area contributed by atoms with Crippen LogP contribution in [0.3, 0.4) is 0 Å². The second-order valence-electron chi connectivity index (χ2n) is 8.41. The Kier molecular flexibility index (Phi) is 4.67. The number of hydrogen-bond acceptors (Lipinski definition) is 8. The number of anilines is 2. The van der Waals surface area contributed by atoms with Crippen molar-refractivity contribution in [3.8, 4) is 0 Å². The van der Waals surface area contributed by atoms with Crippen LogP contribution in [-0.2, 0) is 15.1 Å². The number of likely N-dealkylation sites (N-methyl/N-ethyl adjacent to an activating group) is 1. The van der Waals surface area contributed by atoms with E-state index in [0.29, 0.717) is 22.0 Å². The number of methoxy groups -OCH3 is 1. The predicted molar refractivity (Wildman–Crippen MR) is 133 cm³/mol. The molecule has 11 heteroatoms. The summed E-state index contributed by atoms with van der Waals surface area (Å²) in [6, 6.07) is 11.4. The molecular weight excluding hydrogens is 506 g/mol. The minimum Gasteiger partial charge on any atom is -0.465 e. The number of carbonyl (C=O) groups is 3. The first-order chi connectivity index (χ1) is 17.2. The van der Waals surface area contributed by atoms with Gasteiger partial charge in [-0.1, -0.05) is 41.1 Å². The molecule has 2 amide bonds. The van der Waals surface area contributed by atoms with Gasteiger partial charge in [0, 0.05) is 23.3 Å². The number of benzene rings is 2. The van der Waals surface area contributed by atoms with Crippen LogP contribution in [0.25, 0.3) is 11.0 Å². The Bertz CT molecular complexity index is 1730. The summed E-state index contributed by atoms with van der Waals surface area (Å²) >= 11 is 7.06. The standard InChI is InChI=1S/C25H16ClN3O6S/c1-11-20(22(32)34-3)36-24(27-11)29-21(31)19-17(18(30)13-10-12(26)8-9-16(13)35-19)25(29)14-6-4-5-7-15(14)28(2)23(25)33/h4-10H,1-3H3. The van der Waals surface area contributed by atoms with Crippen LogP contribution in [0.4, 0.5) is 10.8 Å². The second-order valence-corrected chi connectivity index (χ2v) is 9.82. The van der Waals surface area contributed by atoms with Gasteiger partial charge in [-0.25, -0.2) is 9.78 Å². The third-order valence-electron chi connectivity index (χ3n) is 6.56. The van der Waals surface area contributed by atoms with Crippen LogP contribution in [0.5, 0.6) is 0 Å². The van der Waals surface area contributed by atoms with Crippen molar-refractivity contribution < 1.29 is 23.5 Å². The van der Waals surface area contributed by atoms with E-state index in [9.17, 15) is 19.2 Å². The number of ether oxygens (including phenoxy) is 1. The van der Waals surface area contributed by atoms with Gasteiger partial charge in [0.05, 0.1) is 23.8 Å². The Morgan fingerprint density at radius 1 is 1.17 bits per heavy atom. The molecule has 0 fully saturated rings. The van der Waals surface area contributed by atoms with Crippen LogP contribution in [0.15, 0.2) is 51.7 Å². The summed E-state index contributed by atoms with van der Waals surface area (Å²) in [4.78, 5) is 61.6. The van der Waals surface area contributed by atoms with Gasteiger partial charge in [0.1, 0.15) is 10.5 Å². The number of fused-ring (bicyclic) bond motifs is 5. The first-order valence-electron chi connectivity index (χ1n) is 10.8. The minimum absolute atomic E-state index is 0.0595. The summed E-state index contributed by atoms with van der Waals surface area (Å²) < 4.78 is 10.8. The number of aromatic nitrogens is 1. The number of para-hydroxylation sites is 1. The Labute approximate surface area is 212 Å². The fourth-order valence-electron chi connectivity index (χ4n) is 5.00. The monoisotopic (exact) mass is 521 g/mol. The van der Waals surface area contributed by atoms with Crippen molar-refractivity contribution in [2.45, 2.75) is 12.5 Å². The molecule has 0 saturated carbocycles. The molecule has 2 aromatic heterocycles. The summed E-state index contributed by atoms with van der Waals surface area (Å²) in [6.45, 7) is 1.60. The van der Waals surface area contributed by atoms with E-state index in [4.69, 9.17) is 20.8 Å². The zero-order valence-electron chi connectivity index (χ0n) is 19.1. The van der Waals surface area contributed by atoms with Crippen molar-refractivity contribution in [2.24, 2.45) is 0 Å². The highest BCUT2D eigenvalue weighted by Crippen LogP contribution is 2.54. The van der Waals surface area contributed by atoms with Gasteiger partial charge in [0.25, 0.3) is 11.8 Å². The molecule has 4 heterocycles. The first kappa shape index (κ1) is 22.4. The minimum atomic E-state index is -1.88. The number of aryl methyl sites for hydroxylation is 1. The topological polar surface area (TPSA) is 110 Å². The van der Waals surface area contributed by atoms with E-state index in [-0.39, 0.29) is 32.3 Å². The Morgan fingerprint density at radius 3 is 2.67 bits per heavy atom. The van der Waals surface area contributed by atoms with Crippen molar-refractivity contribution in [3.63, 3.8) is 0 Å². The highest BCUT2D eigenvalue weighted by atomic mass is 35.5. The van der Waals surface area contributed by atoms with Crippen LogP contribution in [0.1, 0.15) is 37.0 Å². The second kappa shape index (κ2) is 7.49. The number of esters is 1. The molecule has 0 N–H and O–H groups in total. The lowest BCUT2D eigenvalue weighted by Gasteiger charge is -2.31. The Balaban J connectivity index is 1.76. The lowest BCUT2D eigenvalue weighted by molar-refractivity contribution is -0.121. The summed E-state index contributed by atoms with van der Waals surface area (Å²) in [5, 5.41) is 0.503. The number of rotatable bonds is 2. The van der Waals surface area contributed by atoms with Gasteiger partial charge in [-0.3, -0.25) is 19.3 Å². The summed E-state index contributed by atoms with van der Waals surface area (Å²) in [5.41, 5.74) is -1.12. The number of carbonyl (C=O) groups excluding carboxylic acids is 3. The lowest BCUT2D eigenvalue weighted by atomic mass is 9.84. The summed E-state index contributed by atoms with van der Waals surface area (Å²) in [5.74, 6) is -2.14. The number of nitrogens with zero attached hydrogens (tertiary/aromatic N) is 3. The number of hydrogen-bond donors (Lipinski definition) is 0. The lowest BCUT2D eigenvalue weighted by Crippen LogP contribution is -2.53. The van der Waals surface area contributed by atoms with Crippen molar-refractivity contribution in [1.82, 2.24) is 4.98 Å². The van der Waals surface area contributed by atoms with Gasteiger partial charge in [0.15, 0.2) is 16.1 Å². The molecule has 6 rings (SSSR count). The number of halogens is 1. The molecule has 1 atom stereocenters. The van der Waals surface area contributed by atoms with Gasteiger partial charge >= 0.3 is 5.97 Å². The van der Waals surface area contributed by atoms with Crippen LogP contribution in [0, 0.1) is 6.92 Å². The van der Waals surface area contributed by atoms with E-state index in [1.54, 1.807) is 44.3 Å². The van der Waals surface area contributed by atoms with E-state index in [1.807, 2.05) is 0 Å². The molecule has 2 aliphatic rings. The van der Waals surface area contributed by atoms with Crippen molar-refractivity contribution >= 4 is 62.5 Å². The van der Waals surface area contributed by atoms with E-state index >= 15 is 0 Å². The summed E-state index contributed by atoms with van der Waals surface area (Å²) in [7, 11) is 2.81. The third-order valence-corrected chi connectivity index (χ3v) is 7.92. The molecule has 9 nitrogen and oxygen atoms in total. The Morgan fingerprint density at radius 2 is 1.92 bits per heavy atom. The zero-order valence-corrected chi connectivity index (χ0v) is 20.7. The van der Waals surface area contributed by atoms with E-state index < -0.39 is 28.8 Å². The SMILES string of the molecule is COC(=O)c1sc(N2C(=O)c3oc4ccc(Cl)cc4c(=O)c3C23C(=O)N(C)c2ccccc23)nc1C. The highest BCUT2D eigenvalue weighted by Gasteiger charge is 2.66. The third kappa shape index (κ3) is 2.62.